The largest absolute Gasteiger partial charge is 0.361 e. The molecule has 0 aliphatic rings. The number of H-pyrrole nitrogens is 1. The second-order valence-corrected chi connectivity index (χ2v) is 8.30. The predicted molar refractivity (Wildman–Crippen MR) is 105 cm³/mol. The molecular formula is C19H13ClFN3O3S. The molecule has 4 rings (SSSR count). The number of amides is 1. The number of aromatic amines is 1. The lowest BCUT2D eigenvalue weighted by atomic mass is 10.2. The van der Waals surface area contributed by atoms with E-state index in [0.717, 1.165) is 20.9 Å². The molecule has 0 spiro atoms. The van der Waals surface area contributed by atoms with E-state index in [1.807, 2.05) is 0 Å². The molecule has 28 heavy (non-hydrogen) atoms. The lowest BCUT2D eigenvalue weighted by molar-refractivity contribution is 0.102. The molecule has 2 heterocycles. The molecule has 6 nitrogen and oxygen atoms in total. The summed E-state index contributed by atoms with van der Waals surface area (Å²) >= 11 is 5.62. The van der Waals surface area contributed by atoms with Gasteiger partial charge in [-0.3, -0.25) is 4.79 Å². The number of nitrogens with one attached hydrogen (secondary N) is 2. The van der Waals surface area contributed by atoms with Crippen molar-refractivity contribution in [3.63, 3.8) is 0 Å². The molecule has 2 aromatic carbocycles. The Hall–Kier alpha value is -3.10. The fourth-order valence-corrected chi connectivity index (χ4v) is 4.10. The normalized spacial score (nSPS) is 11.6. The minimum absolute atomic E-state index is 0.0605. The number of hydrogen-bond donors (Lipinski definition) is 2. The van der Waals surface area contributed by atoms with Gasteiger partial charge in [-0.2, -0.15) is 0 Å². The summed E-state index contributed by atoms with van der Waals surface area (Å²) in [4.78, 5) is 15.4. The van der Waals surface area contributed by atoms with Gasteiger partial charge in [0.25, 0.3) is 15.9 Å². The molecule has 1 amide bonds. The Kier molecular flexibility index (Phi) is 4.44. The first-order chi connectivity index (χ1) is 13.3. The van der Waals surface area contributed by atoms with E-state index in [9.17, 15) is 17.6 Å². The first-order valence-corrected chi connectivity index (χ1v) is 9.93. The molecule has 4 aromatic rings. The number of nitrogens with zero attached hydrogens (tertiary/aromatic N) is 1. The van der Waals surface area contributed by atoms with E-state index >= 15 is 0 Å². The summed E-state index contributed by atoms with van der Waals surface area (Å²) in [5.41, 5.74) is 1.14. The average molecular weight is 418 g/mol. The molecule has 0 fully saturated rings. The van der Waals surface area contributed by atoms with E-state index in [1.54, 1.807) is 24.4 Å². The Morgan fingerprint density at radius 1 is 1.11 bits per heavy atom. The number of aromatic nitrogens is 2. The van der Waals surface area contributed by atoms with Gasteiger partial charge in [-0.05, 0) is 48.5 Å². The SMILES string of the molecule is O=C(Nc1ccc(Cl)c(F)c1)c1ccn(S(=O)(=O)c2ccc3[nH]ccc3c2)c1. The van der Waals surface area contributed by atoms with E-state index in [-0.39, 0.29) is 21.2 Å². The first-order valence-electron chi connectivity index (χ1n) is 8.12. The molecule has 0 saturated carbocycles. The van der Waals surface area contributed by atoms with Crippen LogP contribution in [-0.2, 0) is 10.0 Å². The number of fused-ring (bicyclic) bond motifs is 1. The van der Waals surface area contributed by atoms with Crippen molar-refractivity contribution in [1.29, 1.82) is 0 Å². The summed E-state index contributed by atoms with van der Waals surface area (Å²) in [6.07, 6.45) is 4.21. The lowest BCUT2D eigenvalue weighted by Gasteiger charge is -2.06. The fraction of sp³-hybridized carbons (Fsp3) is 0. The zero-order chi connectivity index (χ0) is 19.9. The molecule has 9 heteroatoms. The molecule has 0 radical (unpaired) electrons. The minimum Gasteiger partial charge on any atom is -0.361 e. The topological polar surface area (TPSA) is 84.0 Å². The number of carbonyl (C=O) groups excluding carboxylic acids is 1. The molecule has 2 aromatic heterocycles. The maximum Gasteiger partial charge on any atom is 0.267 e. The number of carbonyl (C=O) groups is 1. The number of anilines is 1. The van der Waals surface area contributed by atoms with Crippen molar-refractivity contribution in [2.75, 3.05) is 5.32 Å². The molecule has 0 aliphatic carbocycles. The zero-order valence-electron chi connectivity index (χ0n) is 14.2. The van der Waals surface area contributed by atoms with Crippen LogP contribution in [-0.4, -0.2) is 23.3 Å². The molecular weight excluding hydrogens is 405 g/mol. The van der Waals surface area contributed by atoms with Gasteiger partial charge in [-0.25, -0.2) is 16.8 Å². The summed E-state index contributed by atoms with van der Waals surface area (Å²) in [6, 6.07) is 11.7. The maximum atomic E-state index is 13.5. The highest BCUT2D eigenvalue weighted by Gasteiger charge is 2.19. The van der Waals surface area contributed by atoms with Crippen molar-refractivity contribution in [3.8, 4) is 0 Å². The smallest absolute Gasteiger partial charge is 0.267 e. The van der Waals surface area contributed by atoms with Crippen LogP contribution in [0.15, 0.2) is 72.0 Å². The number of halogens is 2. The Labute approximate surface area is 164 Å². The fourth-order valence-electron chi connectivity index (χ4n) is 2.75. The third-order valence-corrected chi connectivity index (χ3v) is 6.15. The highest BCUT2D eigenvalue weighted by molar-refractivity contribution is 7.90. The Morgan fingerprint density at radius 2 is 1.93 bits per heavy atom. The van der Waals surface area contributed by atoms with E-state index in [1.165, 1.54) is 36.7 Å². The Bertz CT molecular complexity index is 1310. The van der Waals surface area contributed by atoms with E-state index in [0.29, 0.717) is 0 Å². The third kappa shape index (κ3) is 3.28. The lowest BCUT2D eigenvalue weighted by Crippen LogP contribution is -2.13. The molecule has 0 atom stereocenters. The minimum atomic E-state index is -3.86. The Balaban J connectivity index is 1.60. The van der Waals surface area contributed by atoms with Gasteiger partial charge < -0.3 is 10.3 Å². The van der Waals surface area contributed by atoms with Gasteiger partial charge in [0.2, 0.25) is 0 Å². The molecule has 0 aliphatic heterocycles. The van der Waals surface area contributed by atoms with Gasteiger partial charge in [0, 0.05) is 35.2 Å². The van der Waals surface area contributed by atoms with Crippen LogP contribution in [0, 0.1) is 5.82 Å². The van der Waals surface area contributed by atoms with Crippen LogP contribution in [0.4, 0.5) is 10.1 Å². The van der Waals surface area contributed by atoms with Gasteiger partial charge in [0.15, 0.2) is 0 Å². The van der Waals surface area contributed by atoms with Crippen molar-refractivity contribution in [1.82, 2.24) is 8.96 Å². The predicted octanol–water partition coefficient (Wildman–Crippen LogP) is 4.25. The van der Waals surface area contributed by atoms with Crippen LogP contribution in [0.1, 0.15) is 10.4 Å². The summed E-state index contributed by atoms with van der Waals surface area (Å²) in [7, 11) is -3.86. The van der Waals surface area contributed by atoms with Crippen molar-refractivity contribution in [2.45, 2.75) is 4.90 Å². The molecule has 0 bridgehead atoms. The van der Waals surface area contributed by atoms with E-state index in [4.69, 9.17) is 11.6 Å². The number of hydrogen-bond acceptors (Lipinski definition) is 3. The van der Waals surface area contributed by atoms with E-state index < -0.39 is 21.7 Å². The molecule has 142 valence electrons. The summed E-state index contributed by atoms with van der Waals surface area (Å²) in [5, 5.41) is 3.20. The maximum absolute atomic E-state index is 13.5. The third-order valence-electron chi connectivity index (χ3n) is 4.21. The van der Waals surface area contributed by atoms with Crippen LogP contribution in [0.5, 0.6) is 0 Å². The monoisotopic (exact) mass is 417 g/mol. The van der Waals surface area contributed by atoms with Crippen LogP contribution in [0.2, 0.25) is 5.02 Å². The highest BCUT2D eigenvalue weighted by Crippen LogP contribution is 2.22. The Morgan fingerprint density at radius 3 is 2.71 bits per heavy atom. The molecule has 2 N–H and O–H groups in total. The molecule has 0 saturated heterocycles. The van der Waals surface area contributed by atoms with Crippen molar-refractivity contribution in [2.24, 2.45) is 0 Å². The molecule has 0 unspecified atom stereocenters. The quantitative estimate of drug-likeness (QED) is 0.520. The average Bonchev–Trinajstić information content (AvgIpc) is 3.33. The standard InChI is InChI=1S/C19H13ClFN3O3S/c20-16-3-1-14(10-17(16)21)23-19(25)13-6-8-24(11-13)28(26,27)15-2-4-18-12(9-15)5-7-22-18/h1-11,22H,(H,23,25). The van der Waals surface area contributed by atoms with Crippen LogP contribution in [0.3, 0.4) is 0 Å². The first kappa shape index (κ1) is 18.3. The number of benzene rings is 2. The van der Waals surface area contributed by atoms with Crippen LogP contribution in [0.25, 0.3) is 10.9 Å². The number of rotatable bonds is 4. The van der Waals surface area contributed by atoms with Crippen molar-refractivity contribution >= 4 is 44.1 Å². The van der Waals surface area contributed by atoms with E-state index in [2.05, 4.69) is 10.3 Å². The zero-order valence-corrected chi connectivity index (χ0v) is 15.8. The second kappa shape index (κ2) is 6.81. The van der Waals surface area contributed by atoms with Gasteiger partial charge in [-0.1, -0.05) is 11.6 Å². The van der Waals surface area contributed by atoms with Gasteiger partial charge in [0.05, 0.1) is 15.5 Å². The van der Waals surface area contributed by atoms with Gasteiger partial charge in [-0.15, -0.1) is 0 Å². The van der Waals surface area contributed by atoms with Crippen LogP contribution < -0.4 is 5.32 Å². The summed E-state index contributed by atoms with van der Waals surface area (Å²) < 4.78 is 40.1. The van der Waals surface area contributed by atoms with Crippen molar-refractivity contribution < 1.29 is 17.6 Å². The van der Waals surface area contributed by atoms with Crippen LogP contribution >= 0.6 is 11.6 Å². The summed E-state index contributed by atoms with van der Waals surface area (Å²) in [6.45, 7) is 0. The highest BCUT2D eigenvalue weighted by atomic mass is 35.5. The van der Waals surface area contributed by atoms with Crippen molar-refractivity contribution in [3.05, 3.63) is 83.5 Å². The summed E-state index contributed by atoms with van der Waals surface area (Å²) in [5.74, 6) is -1.24. The second-order valence-electron chi connectivity index (χ2n) is 6.04. The van der Waals surface area contributed by atoms with Gasteiger partial charge in [0.1, 0.15) is 5.82 Å². The van der Waals surface area contributed by atoms with Gasteiger partial charge >= 0.3 is 0 Å².